The van der Waals surface area contributed by atoms with Gasteiger partial charge in [-0.1, -0.05) is 12.1 Å². The van der Waals surface area contributed by atoms with Crippen molar-refractivity contribution in [3.8, 4) is 5.40 Å². The second-order valence-corrected chi connectivity index (χ2v) is 6.16. The highest BCUT2D eigenvalue weighted by Gasteiger charge is 2.12. The van der Waals surface area contributed by atoms with Crippen molar-refractivity contribution in [3.63, 3.8) is 0 Å². The molecule has 0 heterocycles. The maximum absolute atomic E-state index is 11.2. The molecule has 0 radical (unpaired) electrons. The molecule has 80 valence electrons. The Morgan fingerprint density at radius 1 is 1.40 bits per heavy atom. The zero-order valence-corrected chi connectivity index (χ0v) is 10.0. The van der Waals surface area contributed by atoms with Crippen molar-refractivity contribution in [1.82, 2.24) is 0 Å². The fraction of sp³-hybridized carbons (Fsp3) is 0.125. The summed E-state index contributed by atoms with van der Waals surface area (Å²) in [6.45, 7) is 0. The standard InChI is InChI=1S/C8H8N2O2S3/c9-5-13-6-14-7-3-1-2-4-8(7)15(10,11)12/h1-4H,6H2,(H2,10,11,12). The Morgan fingerprint density at radius 2 is 2.07 bits per heavy atom. The van der Waals surface area contributed by atoms with Gasteiger partial charge in [-0.2, -0.15) is 5.26 Å². The molecule has 15 heavy (non-hydrogen) atoms. The first-order valence-electron chi connectivity index (χ1n) is 3.81. The number of nitrogens with two attached hydrogens (primary N) is 1. The van der Waals surface area contributed by atoms with E-state index in [0.717, 1.165) is 11.8 Å². The van der Waals surface area contributed by atoms with E-state index in [1.165, 1.54) is 17.8 Å². The minimum absolute atomic E-state index is 0.105. The van der Waals surface area contributed by atoms with Gasteiger partial charge < -0.3 is 0 Å². The number of thiocyanates is 1. The second-order valence-electron chi connectivity index (χ2n) is 2.49. The summed E-state index contributed by atoms with van der Waals surface area (Å²) in [5.41, 5.74) is 0. The van der Waals surface area contributed by atoms with Crippen molar-refractivity contribution < 1.29 is 8.42 Å². The van der Waals surface area contributed by atoms with E-state index in [-0.39, 0.29) is 4.90 Å². The van der Waals surface area contributed by atoms with E-state index in [9.17, 15) is 8.42 Å². The van der Waals surface area contributed by atoms with Crippen LogP contribution in [-0.2, 0) is 10.0 Å². The van der Waals surface area contributed by atoms with E-state index in [1.54, 1.807) is 18.2 Å². The van der Waals surface area contributed by atoms with Gasteiger partial charge in [0.25, 0.3) is 0 Å². The Bertz CT molecular complexity index is 479. The average molecular weight is 260 g/mol. The number of sulfonamides is 1. The van der Waals surface area contributed by atoms with Crippen LogP contribution in [0.3, 0.4) is 0 Å². The number of rotatable bonds is 4. The van der Waals surface area contributed by atoms with Crippen LogP contribution in [0.5, 0.6) is 0 Å². The summed E-state index contributed by atoms with van der Waals surface area (Å²) in [6.07, 6.45) is 0. The lowest BCUT2D eigenvalue weighted by Gasteiger charge is -2.04. The largest absolute Gasteiger partial charge is 0.239 e. The third-order valence-electron chi connectivity index (χ3n) is 1.49. The topological polar surface area (TPSA) is 83.9 Å². The van der Waals surface area contributed by atoms with Gasteiger partial charge in [0.05, 0.1) is 9.98 Å². The highest BCUT2D eigenvalue weighted by atomic mass is 32.2. The SMILES string of the molecule is N#CSCSc1ccccc1S(N)(=O)=O. The molecular formula is C8H8N2O2S3. The summed E-state index contributed by atoms with van der Waals surface area (Å²) in [6, 6.07) is 6.46. The van der Waals surface area contributed by atoms with Gasteiger partial charge in [0, 0.05) is 4.90 Å². The van der Waals surface area contributed by atoms with E-state index in [2.05, 4.69) is 0 Å². The molecule has 2 N–H and O–H groups in total. The lowest BCUT2D eigenvalue weighted by molar-refractivity contribution is 0.596. The minimum atomic E-state index is -3.68. The van der Waals surface area contributed by atoms with Crippen LogP contribution in [0.4, 0.5) is 0 Å². The zero-order chi connectivity index (χ0) is 11.3. The summed E-state index contributed by atoms with van der Waals surface area (Å²) in [5.74, 6) is 0. The average Bonchev–Trinajstić information content (AvgIpc) is 2.17. The molecule has 7 heteroatoms. The Labute approximate surface area is 96.9 Å². The number of hydrogen-bond donors (Lipinski definition) is 1. The molecule has 1 rings (SSSR count). The lowest BCUT2D eigenvalue weighted by atomic mass is 10.4. The molecule has 0 saturated heterocycles. The third kappa shape index (κ3) is 3.76. The van der Waals surface area contributed by atoms with Crippen LogP contribution in [0.25, 0.3) is 0 Å². The molecule has 0 saturated carbocycles. The fourth-order valence-electron chi connectivity index (χ4n) is 0.924. The number of thioether (sulfide) groups is 2. The van der Waals surface area contributed by atoms with E-state index >= 15 is 0 Å². The Balaban J connectivity index is 2.94. The van der Waals surface area contributed by atoms with Crippen molar-refractivity contribution >= 4 is 33.5 Å². The summed E-state index contributed by atoms with van der Waals surface area (Å²) in [5, 5.41) is 15.8. The van der Waals surface area contributed by atoms with Crippen LogP contribution in [0.15, 0.2) is 34.1 Å². The molecule has 0 unspecified atom stereocenters. The molecule has 0 aliphatic heterocycles. The Kier molecular flexibility index (Phi) is 4.47. The van der Waals surface area contributed by atoms with Crippen LogP contribution in [0.1, 0.15) is 0 Å². The van der Waals surface area contributed by atoms with E-state index in [0.29, 0.717) is 9.98 Å². The lowest BCUT2D eigenvalue weighted by Crippen LogP contribution is -2.13. The number of benzene rings is 1. The highest BCUT2D eigenvalue weighted by molar-refractivity contribution is 8.18. The third-order valence-corrected chi connectivity index (χ3v) is 4.33. The molecule has 4 nitrogen and oxygen atoms in total. The van der Waals surface area contributed by atoms with Crippen molar-refractivity contribution in [2.24, 2.45) is 5.14 Å². The molecule has 0 bridgehead atoms. The van der Waals surface area contributed by atoms with Crippen LogP contribution in [0, 0.1) is 10.7 Å². The molecule has 0 spiro atoms. The van der Waals surface area contributed by atoms with E-state index in [4.69, 9.17) is 10.4 Å². The minimum Gasteiger partial charge on any atom is -0.225 e. The monoisotopic (exact) mass is 260 g/mol. The quantitative estimate of drug-likeness (QED) is 0.385. The normalized spacial score (nSPS) is 10.9. The predicted octanol–water partition coefficient (Wildman–Crippen LogP) is 1.60. The number of primary sulfonamides is 1. The Hall–Kier alpha value is -0.680. The van der Waals surface area contributed by atoms with Gasteiger partial charge >= 0.3 is 0 Å². The van der Waals surface area contributed by atoms with Crippen LogP contribution in [0.2, 0.25) is 0 Å². The van der Waals surface area contributed by atoms with Gasteiger partial charge in [0.15, 0.2) is 0 Å². The predicted molar refractivity (Wildman–Crippen MR) is 61.7 cm³/mol. The maximum Gasteiger partial charge on any atom is 0.239 e. The molecule has 0 atom stereocenters. The number of hydrogen-bond acceptors (Lipinski definition) is 5. The van der Waals surface area contributed by atoms with E-state index in [1.807, 2.05) is 5.40 Å². The summed E-state index contributed by atoms with van der Waals surface area (Å²) >= 11 is 2.33. The van der Waals surface area contributed by atoms with Gasteiger partial charge in [-0.25, -0.2) is 13.6 Å². The molecule has 0 fully saturated rings. The smallest absolute Gasteiger partial charge is 0.225 e. The van der Waals surface area contributed by atoms with Crippen molar-refractivity contribution in [3.05, 3.63) is 24.3 Å². The first-order chi connectivity index (χ1) is 7.05. The molecule has 0 aliphatic carbocycles. The second kappa shape index (κ2) is 5.42. The van der Waals surface area contributed by atoms with Gasteiger partial charge in [-0.05, 0) is 23.9 Å². The van der Waals surface area contributed by atoms with Gasteiger partial charge in [0.1, 0.15) is 5.40 Å². The van der Waals surface area contributed by atoms with Crippen LogP contribution < -0.4 is 5.14 Å². The van der Waals surface area contributed by atoms with Crippen LogP contribution in [-0.4, -0.2) is 13.5 Å². The number of nitriles is 1. The fourth-order valence-corrected chi connectivity index (χ4v) is 3.41. The van der Waals surface area contributed by atoms with Gasteiger partial charge in [0.2, 0.25) is 10.0 Å². The summed E-state index contributed by atoms with van der Waals surface area (Å²) in [7, 11) is -3.68. The zero-order valence-electron chi connectivity index (χ0n) is 7.58. The van der Waals surface area contributed by atoms with Crippen molar-refractivity contribution in [1.29, 1.82) is 5.26 Å². The molecular weight excluding hydrogens is 252 g/mol. The van der Waals surface area contributed by atoms with Crippen molar-refractivity contribution in [2.75, 3.05) is 5.08 Å². The Morgan fingerprint density at radius 3 is 2.67 bits per heavy atom. The van der Waals surface area contributed by atoms with E-state index < -0.39 is 10.0 Å². The van der Waals surface area contributed by atoms with Gasteiger partial charge in [-0.15, -0.1) is 11.8 Å². The van der Waals surface area contributed by atoms with Gasteiger partial charge in [-0.3, -0.25) is 0 Å². The maximum atomic E-state index is 11.2. The highest BCUT2D eigenvalue weighted by Crippen LogP contribution is 2.27. The molecule has 0 aromatic heterocycles. The molecule has 0 aliphatic rings. The van der Waals surface area contributed by atoms with Crippen molar-refractivity contribution in [2.45, 2.75) is 9.79 Å². The first kappa shape index (κ1) is 12.4. The first-order valence-corrected chi connectivity index (χ1v) is 7.33. The van der Waals surface area contributed by atoms with Crippen LogP contribution >= 0.6 is 23.5 Å². The summed E-state index contributed by atoms with van der Waals surface area (Å²) in [4.78, 5) is 0.677. The summed E-state index contributed by atoms with van der Waals surface area (Å²) < 4.78 is 22.4. The molecule has 1 aromatic carbocycles. The molecule has 0 amide bonds. The number of nitrogens with zero attached hydrogens (tertiary/aromatic N) is 1. The molecule has 1 aromatic rings.